The predicted octanol–water partition coefficient (Wildman–Crippen LogP) is 6.29. The van der Waals surface area contributed by atoms with E-state index in [4.69, 9.17) is 21.0 Å². The molecule has 3 aromatic carbocycles. The van der Waals surface area contributed by atoms with Gasteiger partial charge in [0, 0.05) is 28.0 Å². The Balaban J connectivity index is 1.58. The smallest absolute Gasteiger partial charge is 0.345 e. The summed E-state index contributed by atoms with van der Waals surface area (Å²) in [5.41, 5.74) is 2.57. The first-order chi connectivity index (χ1) is 16.5. The monoisotopic (exact) mass is 488 g/mol. The number of hydrogen-bond acceptors (Lipinski definition) is 5. The summed E-state index contributed by atoms with van der Waals surface area (Å²) in [5, 5.41) is 11.5. The minimum absolute atomic E-state index is 0.245. The Morgan fingerprint density at radius 1 is 1.03 bits per heavy atom. The van der Waals surface area contributed by atoms with Crippen molar-refractivity contribution in [2.45, 2.75) is 10.9 Å². The van der Waals surface area contributed by atoms with Gasteiger partial charge in [-0.1, -0.05) is 59.8 Å². The largest absolute Gasteiger partial charge is 0.478 e. The van der Waals surface area contributed by atoms with Crippen LogP contribution in [0.15, 0.2) is 99.4 Å². The van der Waals surface area contributed by atoms with Crippen LogP contribution < -0.4 is 5.63 Å². The highest BCUT2D eigenvalue weighted by molar-refractivity contribution is 7.98. The minimum Gasteiger partial charge on any atom is -0.478 e. The van der Waals surface area contributed by atoms with Crippen molar-refractivity contribution in [2.75, 3.05) is 0 Å². The molecule has 5 rings (SSSR count). The molecular weight excluding hydrogens is 472 g/mol. The number of carboxylic acids is 1. The van der Waals surface area contributed by atoms with E-state index in [2.05, 4.69) is 0 Å². The van der Waals surface area contributed by atoms with Gasteiger partial charge in [0.2, 0.25) is 0 Å². The van der Waals surface area contributed by atoms with Gasteiger partial charge in [-0.15, -0.1) is 0 Å². The zero-order chi connectivity index (χ0) is 23.7. The van der Waals surface area contributed by atoms with Crippen molar-refractivity contribution < 1.29 is 14.3 Å². The van der Waals surface area contributed by atoms with Gasteiger partial charge in [-0.3, -0.25) is 4.57 Å². The Morgan fingerprint density at radius 3 is 2.56 bits per heavy atom. The highest BCUT2D eigenvalue weighted by Crippen LogP contribution is 2.30. The number of imidazole rings is 1. The van der Waals surface area contributed by atoms with E-state index in [-0.39, 0.29) is 5.56 Å². The molecule has 0 unspecified atom stereocenters. The molecule has 0 spiro atoms. The van der Waals surface area contributed by atoms with Crippen molar-refractivity contribution in [3.8, 4) is 16.9 Å². The van der Waals surface area contributed by atoms with Gasteiger partial charge in [0.1, 0.15) is 5.58 Å². The SMILES string of the molecule is O=C(O)c1ccccc1CSc1nc(-c2cc3ccccc3oc2=O)cn1-c1ccc(Cl)cc1. The van der Waals surface area contributed by atoms with Crippen molar-refractivity contribution in [3.63, 3.8) is 0 Å². The maximum absolute atomic E-state index is 12.7. The van der Waals surface area contributed by atoms with Crippen LogP contribution >= 0.6 is 23.4 Å². The highest BCUT2D eigenvalue weighted by Gasteiger charge is 2.17. The number of hydrogen-bond donors (Lipinski definition) is 1. The van der Waals surface area contributed by atoms with Crippen LogP contribution in [0.25, 0.3) is 27.9 Å². The number of rotatable bonds is 6. The van der Waals surface area contributed by atoms with E-state index in [9.17, 15) is 14.7 Å². The van der Waals surface area contributed by atoms with Crippen LogP contribution in [0.4, 0.5) is 0 Å². The third-order valence-corrected chi connectivity index (χ3v) is 6.55. The van der Waals surface area contributed by atoms with Gasteiger partial charge in [-0.2, -0.15) is 0 Å². The Morgan fingerprint density at radius 2 is 1.76 bits per heavy atom. The molecule has 0 aliphatic carbocycles. The van der Waals surface area contributed by atoms with Gasteiger partial charge < -0.3 is 9.52 Å². The number of para-hydroxylation sites is 1. The Bertz CT molecular complexity index is 1570. The Labute approximate surface area is 203 Å². The zero-order valence-corrected chi connectivity index (χ0v) is 19.2. The third kappa shape index (κ3) is 4.35. The lowest BCUT2D eigenvalue weighted by atomic mass is 10.1. The number of carbonyl (C=O) groups is 1. The number of halogens is 1. The molecule has 0 aliphatic heterocycles. The van der Waals surface area contributed by atoms with Crippen LogP contribution in [0, 0.1) is 0 Å². The first-order valence-corrected chi connectivity index (χ1v) is 11.7. The van der Waals surface area contributed by atoms with Crippen LogP contribution in [0.3, 0.4) is 0 Å². The summed E-state index contributed by atoms with van der Waals surface area (Å²) in [6, 6.07) is 23.2. The van der Waals surface area contributed by atoms with E-state index in [1.54, 1.807) is 54.7 Å². The molecule has 2 aromatic heterocycles. The van der Waals surface area contributed by atoms with Crippen LogP contribution in [0.2, 0.25) is 5.02 Å². The molecule has 0 atom stereocenters. The van der Waals surface area contributed by atoms with Gasteiger partial charge >= 0.3 is 11.6 Å². The van der Waals surface area contributed by atoms with Crippen LogP contribution in [-0.2, 0) is 5.75 Å². The van der Waals surface area contributed by atoms with Crippen molar-refractivity contribution >= 4 is 40.3 Å². The normalized spacial score (nSPS) is 11.1. The lowest BCUT2D eigenvalue weighted by Gasteiger charge is -2.09. The maximum atomic E-state index is 12.7. The number of fused-ring (bicyclic) bond motifs is 1. The Kier molecular flexibility index (Phi) is 5.96. The molecule has 0 fully saturated rings. The van der Waals surface area contributed by atoms with Gasteiger partial charge in [0.15, 0.2) is 5.16 Å². The molecule has 0 saturated carbocycles. The lowest BCUT2D eigenvalue weighted by Crippen LogP contribution is -2.02. The fourth-order valence-electron chi connectivity index (χ4n) is 3.62. The van der Waals surface area contributed by atoms with Gasteiger partial charge in [0.25, 0.3) is 0 Å². The molecule has 34 heavy (non-hydrogen) atoms. The molecule has 0 bridgehead atoms. The zero-order valence-electron chi connectivity index (χ0n) is 17.6. The van der Waals surface area contributed by atoms with Crippen LogP contribution in [0.1, 0.15) is 15.9 Å². The number of aromatic nitrogens is 2. The molecule has 0 amide bonds. The van der Waals surface area contributed by atoms with Crippen molar-refractivity contribution in [1.82, 2.24) is 9.55 Å². The summed E-state index contributed by atoms with van der Waals surface area (Å²) >= 11 is 7.44. The molecule has 2 heterocycles. The quantitative estimate of drug-likeness (QED) is 0.223. The second kappa shape index (κ2) is 9.21. The molecular formula is C26H17ClN2O4S. The molecule has 1 N–H and O–H groups in total. The van der Waals surface area contributed by atoms with Crippen molar-refractivity contribution in [1.29, 1.82) is 0 Å². The summed E-state index contributed by atoms with van der Waals surface area (Å²) in [4.78, 5) is 29.1. The van der Waals surface area contributed by atoms with E-state index in [0.717, 1.165) is 11.1 Å². The molecule has 8 heteroatoms. The first kappa shape index (κ1) is 22.0. The van der Waals surface area contributed by atoms with E-state index >= 15 is 0 Å². The standard InChI is InChI=1S/C26H17ClN2O4S/c27-18-9-11-19(12-10-18)29-14-22(21-13-16-5-2-4-8-23(16)33-25(21)32)28-26(29)34-15-17-6-1-3-7-20(17)24(30)31/h1-14H,15H2,(H,30,31). The fourth-order valence-corrected chi connectivity index (χ4v) is 4.74. The molecule has 6 nitrogen and oxygen atoms in total. The second-order valence-electron chi connectivity index (χ2n) is 7.49. The van der Waals surface area contributed by atoms with E-state index in [1.807, 2.05) is 34.9 Å². The number of aromatic carboxylic acids is 1. The van der Waals surface area contributed by atoms with E-state index < -0.39 is 11.6 Å². The summed E-state index contributed by atoms with van der Waals surface area (Å²) in [6.07, 6.45) is 1.77. The van der Waals surface area contributed by atoms with Crippen molar-refractivity contribution in [2.24, 2.45) is 0 Å². The third-order valence-electron chi connectivity index (χ3n) is 5.30. The molecule has 168 valence electrons. The van der Waals surface area contributed by atoms with Crippen molar-refractivity contribution in [3.05, 3.63) is 112 Å². The molecule has 5 aromatic rings. The predicted molar refractivity (Wildman–Crippen MR) is 133 cm³/mol. The van der Waals surface area contributed by atoms with Crippen LogP contribution in [0.5, 0.6) is 0 Å². The lowest BCUT2D eigenvalue weighted by molar-refractivity contribution is 0.0696. The number of carboxylic acid groups (broad SMARTS) is 1. The van der Waals surface area contributed by atoms with Gasteiger partial charge in [-0.25, -0.2) is 14.6 Å². The number of nitrogens with zero attached hydrogens (tertiary/aromatic N) is 2. The van der Waals surface area contributed by atoms with E-state index in [0.29, 0.717) is 38.3 Å². The fraction of sp³-hybridized carbons (Fsp3) is 0.0385. The summed E-state index contributed by atoms with van der Waals surface area (Å²) in [5.74, 6) is -0.592. The molecule has 0 saturated heterocycles. The maximum Gasteiger partial charge on any atom is 0.345 e. The number of benzene rings is 3. The van der Waals surface area contributed by atoms with E-state index in [1.165, 1.54) is 11.8 Å². The highest BCUT2D eigenvalue weighted by atomic mass is 35.5. The van der Waals surface area contributed by atoms with Crippen LogP contribution in [-0.4, -0.2) is 20.6 Å². The summed E-state index contributed by atoms with van der Waals surface area (Å²) < 4.78 is 7.35. The van der Waals surface area contributed by atoms with Gasteiger partial charge in [-0.05, 0) is 48.0 Å². The Hall–Kier alpha value is -3.81. The molecule has 0 radical (unpaired) electrons. The minimum atomic E-state index is -0.980. The second-order valence-corrected chi connectivity index (χ2v) is 8.87. The average Bonchev–Trinajstić information content (AvgIpc) is 3.26. The van der Waals surface area contributed by atoms with Gasteiger partial charge in [0.05, 0.1) is 16.8 Å². The average molecular weight is 489 g/mol. The summed E-state index contributed by atoms with van der Waals surface area (Å²) in [7, 11) is 0. The first-order valence-electron chi connectivity index (χ1n) is 10.3. The topological polar surface area (TPSA) is 85.3 Å². The number of thioether (sulfide) groups is 1. The summed E-state index contributed by atoms with van der Waals surface area (Å²) in [6.45, 7) is 0. The molecule has 0 aliphatic rings.